The smallest absolute Gasteiger partial charge is 0.232 e. The second kappa shape index (κ2) is 5.35. The predicted octanol–water partition coefficient (Wildman–Crippen LogP) is 1.03. The average molecular weight is 281 g/mol. The highest BCUT2D eigenvalue weighted by Gasteiger charge is 2.11. The van der Waals surface area contributed by atoms with Gasteiger partial charge in [-0.25, -0.2) is 13.1 Å². The van der Waals surface area contributed by atoms with Gasteiger partial charge in [-0.1, -0.05) is 19.1 Å². The van der Waals surface area contributed by atoms with Crippen molar-refractivity contribution in [2.45, 2.75) is 13.3 Å². The summed E-state index contributed by atoms with van der Waals surface area (Å²) in [7, 11) is -1.56. The minimum atomic E-state index is -3.29. The van der Waals surface area contributed by atoms with Gasteiger partial charge in [0.05, 0.1) is 5.75 Å². The van der Waals surface area contributed by atoms with E-state index in [9.17, 15) is 8.42 Å². The molecular weight excluding hydrogens is 266 g/mol. The third-order valence-electron chi connectivity index (χ3n) is 2.49. The second-order valence-electron chi connectivity index (χ2n) is 4.13. The molecule has 0 bridgehead atoms. The van der Waals surface area contributed by atoms with Gasteiger partial charge in [0.1, 0.15) is 0 Å². The summed E-state index contributed by atoms with van der Waals surface area (Å²) in [5, 5.41) is 11.2. The van der Waals surface area contributed by atoms with Crippen LogP contribution in [0.25, 0.3) is 11.4 Å². The van der Waals surface area contributed by atoms with E-state index in [1.165, 1.54) is 4.68 Å². The Kier molecular flexibility index (Phi) is 3.79. The number of nitrogens with zero attached hydrogens (tertiary/aromatic N) is 4. The Bertz CT molecular complexity index is 665. The van der Waals surface area contributed by atoms with Gasteiger partial charge in [-0.15, -0.1) is 5.10 Å². The van der Waals surface area contributed by atoms with Crippen molar-refractivity contribution in [1.82, 2.24) is 20.2 Å². The number of hydrogen-bond donors (Lipinski definition) is 1. The van der Waals surface area contributed by atoms with E-state index in [4.69, 9.17) is 0 Å². The minimum Gasteiger partial charge on any atom is -0.284 e. The summed E-state index contributed by atoms with van der Waals surface area (Å²) in [5.41, 5.74) is 1.26. The minimum absolute atomic E-state index is 0.0999. The van der Waals surface area contributed by atoms with Crippen molar-refractivity contribution in [3.63, 3.8) is 0 Å². The summed E-state index contributed by atoms with van der Waals surface area (Å²) in [6, 6.07) is 6.98. The molecule has 102 valence electrons. The molecule has 0 radical (unpaired) electrons. The zero-order chi connectivity index (χ0) is 13.9. The number of tetrazole rings is 1. The molecule has 2 aromatic rings. The standard InChI is InChI=1S/C11H15N5O2S/c1-3-7-19(17,18)13-10-6-4-5-9(8-10)11-12-14-15-16(11)2/h4-6,8,13H,3,7H2,1-2H3. The van der Waals surface area contributed by atoms with Crippen LogP contribution in [-0.2, 0) is 17.1 Å². The van der Waals surface area contributed by atoms with E-state index in [1.54, 1.807) is 25.2 Å². The zero-order valence-electron chi connectivity index (χ0n) is 10.7. The van der Waals surface area contributed by atoms with Gasteiger partial charge in [0, 0.05) is 18.3 Å². The van der Waals surface area contributed by atoms with Gasteiger partial charge in [0.25, 0.3) is 0 Å². The monoisotopic (exact) mass is 281 g/mol. The summed E-state index contributed by atoms with van der Waals surface area (Å²) >= 11 is 0. The summed E-state index contributed by atoms with van der Waals surface area (Å²) < 4.78 is 27.5. The SMILES string of the molecule is CCCS(=O)(=O)Nc1cccc(-c2nnnn2C)c1. The normalized spacial score (nSPS) is 11.5. The molecule has 8 heteroatoms. The van der Waals surface area contributed by atoms with Crippen molar-refractivity contribution in [3.05, 3.63) is 24.3 Å². The van der Waals surface area contributed by atoms with E-state index >= 15 is 0 Å². The first-order chi connectivity index (χ1) is 9.02. The molecule has 0 fully saturated rings. The van der Waals surface area contributed by atoms with Gasteiger partial charge in [-0.2, -0.15) is 0 Å². The van der Waals surface area contributed by atoms with Crippen molar-refractivity contribution in [3.8, 4) is 11.4 Å². The third kappa shape index (κ3) is 3.28. The molecule has 0 saturated carbocycles. The van der Waals surface area contributed by atoms with Crippen LogP contribution in [0.5, 0.6) is 0 Å². The predicted molar refractivity (Wildman–Crippen MR) is 71.9 cm³/mol. The van der Waals surface area contributed by atoms with E-state index in [0.29, 0.717) is 17.9 Å². The Morgan fingerprint density at radius 3 is 2.79 bits per heavy atom. The van der Waals surface area contributed by atoms with E-state index < -0.39 is 10.0 Å². The number of benzene rings is 1. The van der Waals surface area contributed by atoms with Crippen molar-refractivity contribution >= 4 is 15.7 Å². The first-order valence-electron chi connectivity index (χ1n) is 5.85. The number of nitrogens with one attached hydrogen (secondary N) is 1. The van der Waals surface area contributed by atoms with Gasteiger partial charge in [-0.3, -0.25) is 4.72 Å². The van der Waals surface area contributed by atoms with Crippen LogP contribution in [0.2, 0.25) is 0 Å². The average Bonchev–Trinajstić information content (AvgIpc) is 2.75. The van der Waals surface area contributed by atoms with Crippen LogP contribution in [-0.4, -0.2) is 34.4 Å². The fraction of sp³-hybridized carbons (Fsp3) is 0.364. The number of rotatable bonds is 5. The Labute approximate surface area is 111 Å². The van der Waals surface area contributed by atoms with E-state index in [-0.39, 0.29) is 5.75 Å². The number of sulfonamides is 1. The Morgan fingerprint density at radius 2 is 2.16 bits per heavy atom. The largest absolute Gasteiger partial charge is 0.284 e. The quantitative estimate of drug-likeness (QED) is 0.884. The van der Waals surface area contributed by atoms with Crippen LogP contribution in [0, 0.1) is 0 Å². The Balaban J connectivity index is 2.28. The molecule has 0 saturated heterocycles. The lowest BCUT2D eigenvalue weighted by molar-refractivity contribution is 0.600. The maximum absolute atomic E-state index is 11.7. The molecule has 0 amide bonds. The fourth-order valence-corrected chi connectivity index (χ4v) is 2.82. The third-order valence-corrected chi connectivity index (χ3v) is 3.98. The lowest BCUT2D eigenvalue weighted by atomic mass is 10.2. The lowest BCUT2D eigenvalue weighted by Gasteiger charge is -2.08. The molecule has 0 aliphatic carbocycles. The maximum atomic E-state index is 11.7. The van der Waals surface area contributed by atoms with Crippen molar-refractivity contribution < 1.29 is 8.42 Å². The van der Waals surface area contributed by atoms with Crippen molar-refractivity contribution in [2.24, 2.45) is 7.05 Å². The fourth-order valence-electron chi connectivity index (χ4n) is 1.70. The molecule has 1 aromatic heterocycles. The summed E-state index contributed by atoms with van der Waals surface area (Å²) in [5.74, 6) is 0.680. The molecule has 1 aromatic carbocycles. The molecule has 0 atom stereocenters. The highest BCUT2D eigenvalue weighted by atomic mass is 32.2. The van der Waals surface area contributed by atoms with E-state index in [2.05, 4.69) is 20.2 Å². The lowest BCUT2D eigenvalue weighted by Crippen LogP contribution is -2.16. The van der Waals surface area contributed by atoms with Gasteiger partial charge < -0.3 is 0 Å². The molecule has 7 nitrogen and oxygen atoms in total. The van der Waals surface area contributed by atoms with E-state index in [1.807, 2.05) is 13.0 Å². The summed E-state index contributed by atoms with van der Waals surface area (Å²) in [4.78, 5) is 0. The van der Waals surface area contributed by atoms with Crippen LogP contribution in [0.3, 0.4) is 0 Å². The highest BCUT2D eigenvalue weighted by Crippen LogP contribution is 2.20. The Morgan fingerprint density at radius 1 is 1.37 bits per heavy atom. The van der Waals surface area contributed by atoms with Gasteiger partial charge in [-0.05, 0) is 29.0 Å². The number of hydrogen-bond acceptors (Lipinski definition) is 5. The number of aromatic nitrogens is 4. The molecule has 2 rings (SSSR count). The van der Waals surface area contributed by atoms with Crippen LogP contribution >= 0.6 is 0 Å². The summed E-state index contributed by atoms with van der Waals surface area (Å²) in [6.45, 7) is 1.82. The molecule has 1 N–H and O–H groups in total. The molecule has 0 aliphatic rings. The Hall–Kier alpha value is -1.96. The van der Waals surface area contributed by atoms with Gasteiger partial charge >= 0.3 is 0 Å². The molecule has 0 unspecified atom stereocenters. The van der Waals surface area contributed by atoms with Crippen molar-refractivity contribution in [2.75, 3.05) is 10.5 Å². The highest BCUT2D eigenvalue weighted by molar-refractivity contribution is 7.92. The first kappa shape index (κ1) is 13.5. The first-order valence-corrected chi connectivity index (χ1v) is 7.50. The van der Waals surface area contributed by atoms with Crippen LogP contribution in [0.15, 0.2) is 24.3 Å². The number of anilines is 1. The summed E-state index contributed by atoms with van der Waals surface area (Å²) in [6.07, 6.45) is 0.572. The van der Waals surface area contributed by atoms with Gasteiger partial charge in [0.2, 0.25) is 10.0 Å². The van der Waals surface area contributed by atoms with Crippen molar-refractivity contribution in [1.29, 1.82) is 0 Å². The molecule has 1 heterocycles. The van der Waals surface area contributed by atoms with Gasteiger partial charge in [0.15, 0.2) is 5.82 Å². The molecule has 0 spiro atoms. The van der Waals surface area contributed by atoms with Crippen LogP contribution in [0.4, 0.5) is 5.69 Å². The zero-order valence-corrected chi connectivity index (χ0v) is 11.6. The van der Waals surface area contributed by atoms with Crippen LogP contribution in [0.1, 0.15) is 13.3 Å². The van der Waals surface area contributed by atoms with Crippen LogP contribution < -0.4 is 4.72 Å². The second-order valence-corrected chi connectivity index (χ2v) is 5.97. The molecule has 19 heavy (non-hydrogen) atoms. The number of aryl methyl sites for hydroxylation is 1. The maximum Gasteiger partial charge on any atom is 0.232 e. The van der Waals surface area contributed by atoms with E-state index in [0.717, 1.165) is 5.56 Å². The topological polar surface area (TPSA) is 89.8 Å². The molecule has 0 aliphatic heterocycles. The molecular formula is C11H15N5O2S.